The highest BCUT2D eigenvalue weighted by Gasteiger charge is 2.26. The van der Waals surface area contributed by atoms with E-state index in [1.54, 1.807) is 14.2 Å². The number of ether oxygens (including phenoxy) is 2. The van der Waals surface area contributed by atoms with Crippen LogP contribution in [0.2, 0.25) is 0 Å². The zero-order chi connectivity index (χ0) is 17.1. The Morgan fingerprint density at radius 2 is 1.88 bits per heavy atom. The Kier molecular flexibility index (Phi) is 4.95. The van der Waals surface area contributed by atoms with Gasteiger partial charge in [0.1, 0.15) is 5.75 Å². The number of phenols is 1. The zero-order valence-corrected chi connectivity index (χ0v) is 14.6. The summed E-state index contributed by atoms with van der Waals surface area (Å²) in [6.07, 6.45) is 2.99. The average molecular weight is 327 g/mol. The number of fused-ring (bicyclic) bond motifs is 1. The molecule has 0 radical (unpaired) electrons. The number of rotatable bonds is 5. The molecule has 0 amide bonds. The van der Waals surface area contributed by atoms with Crippen molar-refractivity contribution in [2.45, 2.75) is 25.3 Å². The maximum Gasteiger partial charge on any atom is 0.160 e. The van der Waals surface area contributed by atoms with Crippen LogP contribution in [0.15, 0.2) is 36.4 Å². The highest BCUT2D eigenvalue weighted by Crippen LogP contribution is 2.38. The first kappa shape index (κ1) is 16.7. The van der Waals surface area contributed by atoms with Crippen LogP contribution in [0.25, 0.3) is 0 Å². The van der Waals surface area contributed by atoms with E-state index in [2.05, 4.69) is 24.1 Å². The molecule has 0 aliphatic carbocycles. The minimum Gasteiger partial charge on any atom is -0.504 e. The molecule has 1 heterocycles. The number of aromatic hydroxyl groups is 1. The summed E-state index contributed by atoms with van der Waals surface area (Å²) in [5, 5.41) is 10.0. The van der Waals surface area contributed by atoms with E-state index < -0.39 is 0 Å². The summed E-state index contributed by atoms with van der Waals surface area (Å²) in [7, 11) is 5.45. The summed E-state index contributed by atoms with van der Waals surface area (Å²) < 4.78 is 10.5. The Bertz CT molecular complexity index is 697. The van der Waals surface area contributed by atoms with Crippen LogP contribution in [0.4, 0.5) is 0 Å². The molecule has 1 aliphatic rings. The van der Waals surface area contributed by atoms with Crippen LogP contribution in [0.3, 0.4) is 0 Å². The van der Waals surface area contributed by atoms with Gasteiger partial charge < -0.3 is 14.6 Å². The van der Waals surface area contributed by atoms with Crippen molar-refractivity contribution >= 4 is 0 Å². The fourth-order valence-corrected chi connectivity index (χ4v) is 3.48. The Balaban J connectivity index is 1.80. The minimum absolute atomic E-state index is 0.231. The van der Waals surface area contributed by atoms with E-state index in [0.29, 0.717) is 11.8 Å². The second-order valence-electron chi connectivity index (χ2n) is 6.36. The normalized spacial score (nSPS) is 17.4. The van der Waals surface area contributed by atoms with Crippen molar-refractivity contribution in [3.05, 3.63) is 53.1 Å². The molecule has 0 aromatic heterocycles. The molecule has 0 bridgehead atoms. The van der Waals surface area contributed by atoms with Gasteiger partial charge in [0.2, 0.25) is 0 Å². The molecule has 0 fully saturated rings. The van der Waals surface area contributed by atoms with Crippen molar-refractivity contribution in [1.82, 2.24) is 4.90 Å². The lowest BCUT2D eigenvalue weighted by Crippen LogP contribution is -2.32. The van der Waals surface area contributed by atoms with Crippen molar-refractivity contribution in [2.24, 2.45) is 0 Å². The molecule has 1 atom stereocenters. The van der Waals surface area contributed by atoms with E-state index in [1.807, 2.05) is 24.3 Å². The summed E-state index contributed by atoms with van der Waals surface area (Å²) in [5.74, 6) is 1.67. The molecule has 2 aromatic carbocycles. The number of aryl methyl sites for hydroxylation is 1. The van der Waals surface area contributed by atoms with E-state index in [-0.39, 0.29) is 5.75 Å². The van der Waals surface area contributed by atoms with Crippen molar-refractivity contribution in [2.75, 3.05) is 27.8 Å². The fourth-order valence-electron chi connectivity index (χ4n) is 3.48. The summed E-state index contributed by atoms with van der Waals surface area (Å²) in [6, 6.07) is 12.5. The van der Waals surface area contributed by atoms with E-state index >= 15 is 0 Å². The number of likely N-dealkylation sites (N-methyl/N-ethyl adjacent to an activating group) is 1. The minimum atomic E-state index is 0.231. The number of methoxy groups -OCH3 is 2. The SMILES string of the molecule is COc1ccc(CC[C@H]2c3cc(OC)c(O)cc3CCN2C)cc1. The second kappa shape index (κ2) is 7.14. The largest absolute Gasteiger partial charge is 0.504 e. The summed E-state index contributed by atoms with van der Waals surface area (Å²) in [6.45, 7) is 1.01. The van der Waals surface area contributed by atoms with Gasteiger partial charge in [0, 0.05) is 12.6 Å². The Morgan fingerprint density at radius 3 is 2.54 bits per heavy atom. The summed E-state index contributed by atoms with van der Waals surface area (Å²) >= 11 is 0. The van der Waals surface area contributed by atoms with Gasteiger partial charge in [0.05, 0.1) is 14.2 Å². The molecule has 4 nitrogen and oxygen atoms in total. The van der Waals surface area contributed by atoms with E-state index in [1.165, 1.54) is 16.7 Å². The maximum atomic E-state index is 10.0. The molecule has 0 saturated carbocycles. The highest BCUT2D eigenvalue weighted by molar-refractivity contribution is 5.48. The van der Waals surface area contributed by atoms with Crippen LogP contribution in [0, 0.1) is 0 Å². The van der Waals surface area contributed by atoms with Gasteiger partial charge in [0.15, 0.2) is 11.5 Å². The van der Waals surface area contributed by atoms with Gasteiger partial charge in [-0.05, 0) is 67.3 Å². The maximum absolute atomic E-state index is 10.0. The van der Waals surface area contributed by atoms with Crippen molar-refractivity contribution < 1.29 is 14.6 Å². The first-order valence-electron chi connectivity index (χ1n) is 8.35. The van der Waals surface area contributed by atoms with Gasteiger partial charge in [-0.25, -0.2) is 0 Å². The molecule has 24 heavy (non-hydrogen) atoms. The average Bonchev–Trinajstić information content (AvgIpc) is 2.61. The van der Waals surface area contributed by atoms with E-state index in [9.17, 15) is 5.11 Å². The molecule has 1 aliphatic heterocycles. The van der Waals surface area contributed by atoms with Gasteiger partial charge in [-0.1, -0.05) is 12.1 Å². The summed E-state index contributed by atoms with van der Waals surface area (Å²) in [5.41, 5.74) is 3.81. The quantitative estimate of drug-likeness (QED) is 0.911. The summed E-state index contributed by atoms with van der Waals surface area (Å²) in [4.78, 5) is 2.39. The highest BCUT2D eigenvalue weighted by atomic mass is 16.5. The zero-order valence-electron chi connectivity index (χ0n) is 14.6. The van der Waals surface area contributed by atoms with Crippen LogP contribution >= 0.6 is 0 Å². The van der Waals surface area contributed by atoms with Crippen molar-refractivity contribution in [3.8, 4) is 17.2 Å². The first-order chi connectivity index (χ1) is 11.6. The lowest BCUT2D eigenvalue weighted by Gasteiger charge is -2.35. The van der Waals surface area contributed by atoms with Crippen LogP contribution in [-0.4, -0.2) is 37.8 Å². The van der Waals surface area contributed by atoms with Crippen LogP contribution in [-0.2, 0) is 12.8 Å². The number of nitrogens with zero attached hydrogens (tertiary/aromatic N) is 1. The molecule has 2 aromatic rings. The fraction of sp³-hybridized carbons (Fsp3) is 0.400. The first-order valence-corrected chi connectivity index (χ1v) is 8.35. The third-order valence-corrected chi connectivity index (χ3v) is 4.93. The lowest BCUT2D eigenvalue weighted by atomic mass is 9.89. The predicted molar refractivity (Wildman–Crippen MR) is 95.0 cm³/mol. The molecule has 0 unspecified atom stereocenters. The van der Waals surface area contributed by atoms with E-state index in [4.69, 9.17) is 9.47 Å². The third-order valence-electron chi connectivity index (χ3n) is 4.93. The standard InChI is InChI=1S/C20H25NO3/c1-21-11-10-15-12-19(22)20(24-3)13-17(15)18(21)9-6-14-4-7-16(23-2)8-5-14/h4-5,7-8,12-13,18,22H,6,9-11H2,1-3H3/t18-/m0/s1. The Hall–Kier alpha value is -2.20. The molecule has 128 valence electrons. The number of hydrogen-bond donors (Lipinski definition) is 1. The van der Waals surface area contributed by atoms with Crippen molar-refractivity contribution in [3.63, 3.8) is 0 Å². The molecule has 3 rings (SSSR count). The monoisotopic (exact) mass is 327 g/mol. The smallest absolute Gasteiger partial charge is 0.160 e. The third kappa shape index (κ3) is 3.34. The number of hydrogen-bond acceptors (Lipinski definition) is 4. The Labute approximate surface area is 143 Å². The Morgan fingerprint density at radius 1 is 1.12 bits per heavy atom. The second-order valence-corrected chi connectivity index (χ2v) is 6.36. The molecular formula is C20H25NO3. The topological polar surface area (TPSA) is 41.9 Å². The lowest BCUT2D eigenvalue weighted by molar-refractivity contribution is 0.218. The molecule has 0 spiro atoms. The van der Waals surface area contributed by atoms with Crippen LogP contribution < -0.4 is 9.47 Å². The molecular weight excluding hydrogens is 302 g/mol. The number of phenolic OH excluding ortho intramolecular Hbond substituents is 1. The number of benzene rings is 2. The molecule has 4 heteroatoms. The van der Waals surface area contributed by atoms with Gasteiger partial charge in [-0.2, -0.15) is 0 Å². The van der Waals surface area contributed by atoms with Gasteiger partial charge in [0.25, 0.3) is 0 Å². The molecule has 1 N–H and O–H groups in total. The van der Waals surface area contributed by atoms with Crippen LogP contribution in [0.5, 0.6) is 17.2 Å². The van der Waals surface area contributed by atoms with Gasteiger partial charge in [-0.15, -0.1) is 0 Å². The van der Waals surface area contributed by atoms with Crippen LogP contribution in [0.1, 0.15) is 29.2 Å². The predicted octanol–water partition coefficient (Wildman–Crippen LogP) is 3.57. The van der Waals surface area contributed by atoms with Crippen molar-refractivity contribution in [1.29, 1.82) is 0 Å². The van der Waals surface area contributed by atoms with Gasteiger partial charge >= 0.3 is 0 Å². The van der Waals surface area contributed by atoms with Gasteiger partial charge in [-0.3, -0.25) is 4.90 Å². The van der Waals surface area contributed by atoms with E-state index in [0.717, 1.165) is 31.6 Å². The molecule has 0 saturated heterocycles.